The molecule has 0 aliphatic rings. The predicted molar refractivity (Wildman–Crippen MR) is 88.7 cm³/mol. The highest BCUT2D eigenvalue weighted by atomic mass is 32.2. The Morgan fingerprint density at radius 3 is 2.24 bits per heavy atom. The van der Waals surface area contributed by atoms with Crippen LogP contribution < -0.4 is 0 Å². The molecule has 0 aliphatic carbocycles. The molecule has 21 heavy (non-hydrogen) atoms. The fourth-order valence-electron chi connectivity index (χ4n) is 2.28. The van der Waals surface area contributed by atoms with Crippen molar-refractivity contribution in [2.45, 2.75) is 29.8 Å². The van der Waals surface area contributed by atoms with Crippen LogP contribution in [0, 0.1) is 0 Å². The lowest BCUT2D eigenvalue weighted by Gasteiger charge is -2.01. The summed E-state index contributed by atoms with van der Waals surface area (Å²) in [6.45, 7) is 2.20. The van der Waals surface area contributed by atoms with E-state index in [1.54, 1.807) is 11.8 Å². The van der Waals surface area contributed by atoms with Gasteiger partial charge in [-0.25, -0.2) is 0 Å². The SMILES string of the molecule is CCCc1cc(-c2ccccc2)oc1Sc1ccccc1. The van der Waals surface area contributed by atoms with Gasteiger partial charge in [0.2, 0.25) is 0 Å². The van der Waals surface area contributed by atoms with Crippen molar-refractivity contribution in [2.75, 3.05) is 0 Å². The summed E-state index contributed by atoms with van der Waals surface area (Å²) in [6.07, 6.45) is 2.17. The molecule has 1 aromatic heterocycles. The Hall–Kier alpha value is -1.93. The van der Waals surface area contributed by atoms with E-state index in [-0.39, 0.29) is 0 Å². The fourth-order valence-corrected chi connectivity index (χ4v) is 3.21. The molecule has 0 unspecified atom stereocenters. The van der Waals surface area contributed by atoms with Crippen LogP contribution in [-0.2, 0) is 6.42 Å². The number of furan rings is 1. The zero-order valence-corrected chi connectivity index (χ0v) is 12.9. The summed E-state index contributed by atoms with van der Waals surface area (Å²) in [5.41, 5.74) is 2.43. The molecule has 0 spiro atoms. The van der Waals surface area contributed by atoms with Gasteiger partial charge in [-0.15, -0.1) is 0 Å². The minimum Gasteiger partial charge on any atom is -0.449 e. The second-order valence-corrected chi connectivity index (χ2v) is 6.00. The summed E-state index contributed by atoms with van der Waals surface area (Å²) in [5.74, 6) is 0.956. The highest BCUT2D eigenvalue weighted by molar-refractivity contribution is 7.99. The first-order valence-electron chi connectivity index (χ1n) is 7.28. The van der Waals surface area contributed by atoms with Crippen LogP contribution in [0.3, 0.4) is 0 Å². The zero-order valence-electron chi connectivity index (χ0n) is 12.1. The molecule has 0 saturated carbocycles. The van der Waals surface area contributed by atoms with Gasteiger partial charge in [0.15, 0.2) is 5.09 Å². The summed E-state index contributed by atoms with van der Waals surface area (Å²) in [4.78, 5) is 1.21. The van der Waals surface area contributed by atoms with Crippen LogP contribution in [0.2, 0.25) is 0 Å². The fraction of sp³-hybridized carbons (Fsp3) is 0.158. The van der Waals surface area contributed by atoms with E-state index >= 15 is 0 Å². The van der Waals surface area contributed by atoms with Crippen molar-refractivity contribution >= 4 is 11.8 Å². The largest absolute Gasteiger partial charge is 0.449 e. The van der Waals surface area contributed by atoms with Gasteiger partial charge in [-0.1, -0.05) is 73.6 Å². The summed E-state index contributed by atoms with van der Waals surface area (Å²) in [5, 5.41) is 1.02. The Balaban J connectivity index is 1.93. The van der Waals surface area contributed by atoms with Crippen LogP contribution in [0.1, 0.15) is 18.9 Å². The number of benzene rings is 2. The second-order valence-electron chi connectivity index (χ2n) is 4.95. The van der Waals surface area contributed by atoms with Gasteiger partial charge in [-0.2, -0.15) is 0 Å². The minimum atomic E-state index is 0.956. The maximum absolute atomic E-state index is 6.12. The summed E-state index contributed by atoms with van der Waals surface area (Å²) < 4.78 is 6.12. The number of hydrogen-bond acceptors (Lipinski definition) is 2. The lowest BCUT2D eigenvalue weighted by molar-refractivity contribution is 0.480. The van der Waals surface area contributed by atoms with Crippen molar-refractivity contribution in [3.8, 4) is 11.3 Å². The van der Waals surface area contributed by atoms with Gasteiger partial charge >= 0.3 is 0 Å². The van der Waals surface area contributed by atoms with Gasteiger partial charge in [-0.05, 0) is 24.6 Å². The first kappa shape index (κ1) is 14.0. The molecule has 0 saturated heterocycles. The molecular formula is C19H18OS. The van der Waals surface area contributed by atoms with Crippen LogP contribution in [-0.4, -0.2) is 0 Å². The van der Waals surface area contributed by atoms with Crippen molar-refractivity contribution in [1.29, 1.82) is 0 Å². The molecule has 3 rings (SSSR count). The van der Waals surface area contributed by atoms with Crippen molar-refractivity contribution in [3.63, 3.8) is 0 Å². The normalized spacial score (nSPS) is 10.7. The monoisotopic (exact) mass is 294 g/mol. The van der Waals surface area contributed by atoms with E-state index in [2.05, 4.69) is 49.4 Å². The molecule has 0 aliphatic heterocycles. The number of hydrogen-bond donors (Lipinski definition) is 0. The summed E-state index contributed by atoms with van der Waals surface area (Å²) in [6, 6.07) is 22.9. The van der Waals surface area contributed by atoms with Crippen LogP contribution in [0.5, 0.6) is 0 Å². The zero-order chi connectivity index (χ0) is 14.5. The van der Waals surface area contributed by atoms with Crippen molar-refractivity contribution in [2.24, 2.45) is 0 Å². The number of rotatable bonds is 5. The van der Waals surface area contributed by atoms with E-state index < -0.39 is 0 Å². The molecule has 0 N–H and O–H groups in total. The van der Waals surface area contributed by atoms with E-state index in [1.807, 2.05) is 24.3 Å². The summed E-state index contributed by atoms with van der Waals surface area (Å²) in [7, 11) is 0. The van der Waals surface area contributed by atoms with E-state index in [1.165, 1.54) is 10.5 Å². The molecule has 0 amide bonds. The maximum Gasteiger partial charge on any atom is 0.168 e. The van der Waals surface area contributed by atoms with Crippen LogP contribution in [0.25, 0.3) is 11.3 Å². The standard InChI is InChI=1S/C19H18OS/c1-2-9-16-14-18(15-10-5-3-6-11-15)20-19(16)21-17-12-7-4-8-13-17/h3-8,10-14H,2,9H2,1H3. The van der Waals surface area contributed by atoms with E-state index in [0.717, 1.165) is 29.3 Å². The van der Waals surface area contributed by atoms with Gasteiger partial charge in [-0.3, -0.25) is 0 Å². The van der Waals surface area contributed by atoms with Gasteiger partial charge in [0.1, 0.15) is 5.76 Å². The smallest absolute Gasteiger partial charge is 0.168 e. The third-order valence-corrected chi connectivity index (χ3v) is 4.34. The molecule has 2 aromatic carbocycles. The van der Waals surface area contributed by atoms with E-state index in [4.69, 9.17) is 4.42 Å². The highest BCUT2D eigenvalue weighted by Crippen LogP contribution is 2.36. The molecule has 1 nitrogen and oxygen atoms in total. The van der Waals surface area contributed by atoms with Crippen LogP contribution >= 0.6 is 11.8 Å². The Morgan fingerprint density at radius 1 is 0.905 bits per heavy atom. The predicted octanol–water partition coefficient (Wildman–Crippen LogP) is 6.05. The Morgan fingerprint density at radius 2 is 1.57 bits per heavy atom. The molecule has 3 aromatic rings. The van der Waals surface area contributed by atoms with E-state index in [0.29, 0.717) is 0 Å². The van der Waals surface area contributed by atoms with Gasteiger partial charge in [0, 0.05) is 16.0 Å². The number of aryl methyl sites for hydroxylation is 1. The van der Waals surface area contributed by atoms with Crippen LogP contribution in [0.4, 0.5) is 0 Å². The van der Waals surface area contributed by atoms with Gasteiger partial charge in [0.25, 0.3) is 0 Å². The third-order valence-electron chi connectivity index (χ3n) is 3.30. The molecule has 0 atom stereocenters. The molecule has 0 bridgehead atoms. The second kappa shape index (κ2) is 6.68. The van der Waals surface area contributed by atoms with E-state index in [9.17, 15) is 0 Å². The molecule has 0 radical (unpaired) electrons. The summed E-state index contributed by atoms with van der Waals surface area (Å²) >= 11 is 1.70. The quantitative estimate of drug-likeness (QED) is 0.568. The molecule has 0 fully saturated rings. The van der Waals surface area contributed by atoms with Crippen molar-refractivity contribution < 1.29 is 4.42 Å². The Labute approximate surface area is 130 Å². The molecule has 2 heteroatoms. The van der Waals surface area contributed by atoms with Gasteiger partial charge < -0.3 is 4.42 Å². The first-order chi connectivity index (χ1) is 10.4. The maximum atomic E-state index is 6.12. The Kier molecular flexibility index (Phi) is 4.46. The molecular weight excluding hydrogens is 276 g/mol. The Bertz CT molecular complexity index is 686. The van der Waals surface area contributed by atoms with Crippen molar-refractivity contribution in [1.82, 2.24) is 0 Å². The molecule has 106 valence electrons. The third kappa shape index (κ3) is 3.40. The lowest BCUT2D eigenvalue weighted by atomic mass is 10.1. The molecule has 1 heterocycles. The average molecular weight is 294 g/mol. The minimum absolute atomic E-state index is 0.956. The lowest BCUT2D eigenvalue weighted by Crippen LogP contribution is -1.81. The van der Waals surface area contributed by atoms with Gasteiger partial charge in [0.05, 0.1) is 0 Å². The topological polar surface area (TPSA) is 13.1 Å². The highest BCUT2D eigenvalue weighted by Gasteiger charge is 2.13. The average Bonchev–Trinajstić information content (AvgIpc) is 2.93. The first-order valence-corrected chi connectivity index (χ1v) is 8.09. The van der Waals surface area contributed by atoms with Crippen LogP contribution in [0.15, 0.2) is 81.1 Å². The van der Waals surface area contributed by atoms with Crippen molar-refractivity contribution in [3.05, 3.63) is 72.3 Å².